The lowest BCUT2D eigenvalue weighted by molar-refractivity contribution is -0.117. The van der Waals surface area contributed by atoms with Crippen molar-refractivity contribution >= 4 is 22.9 Å². The molecule has 2 aromatic rings. The maximum absolute atomic E-state index is 12.1. The number of nitrogens with one attached hydrogen (secondary N) is 1. The molecule has 19 heavy (non-hydrogen) atoms. The molecule has 1 aliphatic carbocycles. The SMILES string of the molecule is N#Cc1ccccc1NC(=O)C1CC1c1cccs1. The van der Waals surface area contributed by atoms with Crippen LogP contribution >= 0.6 is 11.3 Å². The van der Waals surface area contributed by atoms with Gasteiger partial charge in [-0.3, -0.25) is 4.79 Å². The summed E-state index contributed by atoms with van der Waals surface area (Å²) in [4.78, 5) is 13.4. The predicted octanol–water partition coefficient (Wildman–Crippen LogP) is 3.36. The average molecular weight is 268 g/mol. The van der Waals surface area contributed by atoms with Crippen molar-refractivity contribution in [3.05, 3.63) is 52.2 Å². The fourth-order valence-electron chi connectivity index (χ4n) is 2.22. The molecule has 1 saturated carbocycles. The summed E-state index contributed by atoms with van der Waals surface area (Å²) in [6.07, 6.45) is 0.904. The van der Waals surface area contributed by atoms with E-state index in [1.165, 1.54) is 4.88 Å². The highest BCUT2D eigenvalue weighted by Crippen LogP contribution is 2.49. The normalized spacial score (nSPS) is 20.6. The smallest absolute Gasteiger partial charge is 0.228 e. The molecule has 0 spiro atoms. The van der Waals surface area contributed by atoms with Crippen LogP contribution in [-0.2, 0) is 4.79 Å². The molecule has 1 fully saturated rings. The summed E-state index contributed by atoms with van der Waals surface area (Å²) in [6, 6.07) is 13.3. The van der Waals surface area contributed by atoms with E-state index in [-0.39, 0.29) is 11.8 Å². The van der Waals surface area contributed by atoms with E-state index in [4.69, 9.17) is 5.26 Å². The van der Waals surface area contributed by atoms with Crippen LogP contribution in [0, 0.1) is 17.2 Å². The van der Waals surface area contributed by atoms with Gasteiger partial charge in [0.25, 0.3) is 0 Å². The van der Waals surface area contributed by atoms with Crippen LogP contribution in [0.2, 0.25) is 0 Å². The van der Waals surface area contributed by atoms with Crippen LogP contribution in [0.4, 0.5) is 5.69 Å². The zero-order valence-corrected chi connectivity index (χ0v) is 11.0. The highest BCUT2D eigenvalue weighted by molar-refractivity contribution is 7.10. The van der Waals surface area contributed by atoms with Crippen molar-refractivity contribution in [3.63, 3.8) is 0 Å². The van der Waals surface area contributed by atoms with Crippen LogP contribution in [0.15, 0.2) is 41.8 Å². The molecule has 1 aliphatic rings. The van der Waals surface area contributed by atoms with Crippen LogP contribution in [0.5, 0.6) is 0 Å². The van der Waals surface area contributed by atoms with Gasteiger partial charge in [0, 0.05) is 16.7 Å². The van der Waals surface area contributed by atoms with Crippen molar-refractivity contribution in [2.24, 2.45) is 5.92 Å². The number of anilines is 1. The summed E-state index contributed by atoms with van der Waals surface area (Å²) in [5.74, 6) is 0.417. The van der Waals surface area contributed by atoms with Gasteiger partial charge < -0.3 is 5.32 Å². The van der Waals surface area contributed by atoms with E-state index in [1.54, 1.807) is 29.5 Å². The van der Waals surface area contributed by atoms with Crippen LogP contribution in [0.1, 0.15) is 22.8 Å². The van der Waals surface area contributed by atoms with Crippen molar-refractivity contribution in [1.29, 1.82) is 5.26 Å². The van der Waals surface area contributed by atoms with Gasteiger partial charge in [0.1, 0.15) is 6.07 Å². The summed E-state index contributed by atoms with van der Waals surface area (Å²) in [6.45, 7) is 0. The molecule has 1 heterocycles. The van der Waals surface area contributed by atoms with Gasteiger partial charge in [-0.1, -0.05) is 18.2 Å². The number of para-hydroxylation sites is 1. The minimum Gasteiger partial charge on any atom is -0.325 e. The molecule has 3 nitrogen and oxygen atoms in total. The summed E-state index contributed by atoms with van der Waals surface area (Å²) >= 11 is 1.70. The molecule has 0 saturated heterocycles. The Morgan fingerprint density at radius 2 is 2.16 bits per heavy atom. The van der Waals surface area contributed by atoms with Gasteiger partial charge in [-0.2, -0.15) is 5.26 Å². The first-order valence-corrected chi connectivity index (χ1v) is 7.01. The molecule has 2 unspecified atom stereocenters. The van der Waals surface area contributed by atoms with Gasteiger partial charge in [0.05, 0.1) is 11.3 Å². The van der Waals surface area contributed by atoms with E-state index >= 15 is 0 Å². The molecular weight excluding hydrogens is 256 g/mol. The Hall–Kier alpha value is -2.12. The summed E-state index contributed by atoms with van der Waals surface area (Å²) in [5.41, 5.74) is 1.11. The highest BCUT2D eigenvalue weighted by atomic mass is 32.1. The second-order valence-corrected chi connectivity index (χ2v) is 5.59. The molecule has 3 rings (SSSR count). The largest absolute Gasteiger partial charge is 0.325 e. The quantitative estimate of drug-likeness (QED) is 0.928. The van der Waals surface area contributed by atoms with Gasteiger partial charge in [-0.05, 0) is 30.0 Å². The Labute approximate surface area is 115 Å². The first-order valence-electron chi connectivity index (χ1n) is 6.13. The Morgan fingerprint density at radius 3 is 2.89 bits per heavy atom. The molecule has 1 amide bonds. The third kappa shape index (κ3) is 2.38. The first kappa shape index (κ1) is 11.9. The summed E-state index contributed by atoms with van der Waals surface area (Å²) in [5, 5.41) is 13.9. The number of hydrogen-bond acceptors (Lipinski definition) is 3. The van der Waals surface area contributed by atoms with Gasteiger partial charge in [0.15, 0.2) is 0 Å². The molecule has 0 radical (unpaired) electrons. The molecule has 2 atom stereocenters. The maximum atomic E-state index is 12.1. The van der Waals surface area contributed by atoms with Crippen molar-refractivity contribution in [2.45, 2.75) is 12.3 Å². The molecular formula is C15H12N2OS. The lowest BCUT2D eigenvalue weighted by atomic mass is 10.2. The van der Waals surface area contributed by atoms with Gasteiger partial charge in [-0.25, -0.2) is 0 Å². The van der Waals surface area contributed by atoms with E-state index in [0.717, 1.165) is 6.42 Å². The zero-order chi connectivity index (χ0) is 13.2. The third-order valence-corrected chi connectivity index (χ3v) is 4.35. The number of carbonyl (C=O) groups is 1. The van der Waals surface area contributed by atoms with E-state index < -0.39 is 0 Å². The van der Waals surface area contributed by atoms with E-state index in [1.807, 2.05) is 17.5 Å². The molecule has 1 N–H and O–H groups in total. The molecule has 4 heteroatoms. The molecule has 0 bridgehead atoms. The average Bonchev–Trinajstić information content (AvgIpc) is 3.06. The summed E-state index contributed by atoms with van der Waals surface area (Å²) in [7, 11) is 0. The van der Waals surface area contributed by atoms with Crippen LogP contribution in [-0.4, -0.2) is 5.91 Å². The molecule has 0 aliphatic heterocycles. The Balaban J connectivity index is 1.69. The predicted molar refractivity (Wildman–Crippen MR) is 75.0 cm³/mol. The summed E-state index contributed by atoms with van der Waals surface area (Å²) < 4.78 is 0. The van der Waals surface area contributed by atoms with Crippen LogP contribution < -0.4 is 5.32 Å². The fraction of sp³-hybridized carbons (Fsp3) is 0.200. The topological polar surface area (TPSA) is 52.9 Å². The number of nitriles is 1. The first-order chi connectivity index (χ1) is 9.29. The molecule has 94 valence electrons. The van der Waals surface area contributed by atoms with E-state index in [0.29, 0.717) is 17.2 Å². The van der Waals surface area contributed by atoms with Crippen molar-refractivity contribution in [2.75, 3.05) is 5.32 Å². The van der Waals surface area contributed by atoms with Crippen molar-refractivity contribution < 1.29 is 4.79 Å². The number of amides is 1. The second kappa shape index (κ2) is 4.87. The van der Waals surface area contributed by atoms with Crippen molar-refractivity contribution in [1.82, 2.24) is 0 Å². The minimum absolute atomic E-state index is 0.0149. The van der Waals surface area contributed by atoms with Crippen LogP contribution in [0.25, 0.3) is 0 Å². The maximum Gasteiger partial charge on any atom is 0.228 e. The lowest BCUT2D eigenvalue weighted by Gasteiger charge is -2.06. The van der Waals surface area contributed by atoms with Gasteiger partial charge in [0.2, 0.25) is 5.91 Å². The third-order valence-electron chi connectivity index (χ3n) is 3.34. The highest BCUT2D eigenvalue weighted by Gasteiger charge is 2.44. The van der Waals surface area contributed by atoms with Gasteiger partial charge >= 0.3 is 0 Å². The molecule has 1 aromatic heterocycles. The standard InChI is InChI=1S/C15H12N2OS/c16-9-10-4-1-2-5-13(10)17-15(18)12-8-11(12)14-6-3-7-19-14/h1-7,11-12H,8H2,(H,17,18). The van der Waals surface area contributed by atoms with Crippen molar-refractivity contribution in [3.8, 4) is 6.07 Å². The van der Waals surface area contributed by atoms with Crippen LogP contribution in [0.3, 0.4) is 0 Å². The number of thiophene rings is 1. The Bertz CT molecular complexity index is 642. The lowest BCUT2D eigenvalue weighted by Crippen LogP contribution is -2.15. The van der Waals surface area contributed by atoms with E-state index in [9.17, 15) is 4.79 Å². The number of rotatable bonds is 3. The minimum atomic E-state index is 0.0149. The second-order valence-electron chi connectivity index (χ2n) is 4.61. The van der Waals surface area contributed by atoms with E-state index in [2.05, 4.69) is 17.5 Å². The number of benzene rings is 1. The number of carbonyl (C=O) groups excluding carboxylic acids is 1. The monoisotopic (exact) mass is 268 g/mol. The van der Waals surface area contributed by atoms with Gasteiger partial charge in [-0.15, -0.1) is 11.3 Å². The Kier molecular flexibility index (Phi) is 3.06. The number of nitrogens with zero attached hydrogens (tertiary/aromatic N) is 1. The fourth-order valence-corrected chi connectivity index (χ4v) is 3.12. The molecule has 1 aromatic carbocycles. The zero-order valence-electron chi connectivity index (χ0n) is 10.2. The number of hydrogen-bond donors (Lipinski definition) is 1. The Morgan fingerprint density at radius 1 is 1.32 bits per heavy atom.